The molecule has 0 spiro atoms. The lowest BCUT2D eigenvalue weighted by Gasteiger charge is -2.02. The van der Waals surface area contributed by atoms with Crippen LogP contribution in [0.1, 0.15) is 84.0 Å². The van der Waals surface area contributed by atoms with E-state index in [9.17, 15) is 9.59 Å². The second kappa shape index (κ2) is 13.6. The molecule has 0 amide bonds. The summed E-state index contributed by atoms with van der Waals surface area (Å²) >= 11 is 0. The first-order valence-corrected chi connectivity index (χ1v) is 7.79. The summed E-state index contributed by atoms with van der Waals surface area (Å²) in [5.41, 5.74) is 0. The van der Waals surface area contributed by atoms with E-state index in [-0.39, 0.29) is 5.97 Å². The van der Waals surface area contributed by atoms with E-state index in [0.717, 1.165) is 38.5 Å². The third-order valence-corrected chi connectivity index (χ3v) is 3.37. The Hall–Kier alpha value is -0.860. The molecule has 0 saturated heterocycles. The minimum atomic E-state index is -0.136. The number of esters is 1. The Labute approximate surface area is 118 Å². The first-order valence-electron chi connectivity index (χ1n) is 7.79. The molecule has 0 radical (unpaired) electrons. The number of carbonyl (C=O) groups is 2. The average Bonchev–Trinajstić information content (AvgIpc) is 2.42. The van der Waals surface area contributed by atoms with E-state index in [0.29, 0.717) is 18.6 Å². The molecule has 0 saturated carbocycles. The van der Waals surface area contributed by atoms with Crippen molar-refractivity contribution < 1.29 is 14.3 Å². The van der Waals surface area contributed by atoms with Gasteiger partial charge in [0.2, 0.25) is 0 Å². The Balaban J connectivity index is 3.22. The fourth-order valence-corrected chi connectivity index (χ4v) is 2.10. The Bertz CT molecular complexity index is 236. The normalized spacial score (nSPS) is 10.4. The van der Waals surface area contributed by atoms with Crippen LogP contribution in [0.25, 0.3) is 0 Å². The number of unbranched alkanes of at least 4 members (excludes halogenated alkanes) is 7. The number of methoxy groups -OCH3 is 1. The molecule has 0 heterocycles. The topological polar surface area (TPSA) is 43.4 Å². The van der Waals surface area contributed by atoms with E-state index >= 15 is 0 Å². The highest BCUT2D eigenvalue weighted by Gasteiger charge is 2.03. The lowest BCUT2D eigenvalue weighted by atomic mass is 10.0. The van der Waals surface area contributed by atoms with E-state index in [1.807, 2.05) is 0 Å². The third kappa shape index (κ3) is 13.4. The fraction of sp³-hybridized carbons (Fsp3) is 0.875. The summed E-state index contributed by atoms with van der Waals surface area (Å²) in [6.07, 6.45) is 11.9. The lowest BCUT2D eigenvalue weighted by molar-refractivity contribution is -0.140. The van der Waals surface area contributed by atoms with E-state index in [1.165, 1.54) is 32.8 Å². The summed E-state index contributed by atoms with van der Waals surface area (Å²) in [4.78, 5) is 22.5. The van der Waals surface area contributed by atoms with Crippen molar-refractivity contribution >= 4 is 11.8 Å². The summed E-state index contributed by atoms with van der Waals surface area (Å²) in [5, 5.41) is 0. The fourth-order valence-electron chi connectivity index (χ4n) is 2.10. The Morgan fingerprint density at radius 3 is 1.68 bits per heavy atom. The molecular formula is C16H30O3. The number of hydrogen-bond donors (Lipinski definition) is 0. The van der Waals surface area contributed by atoms with Gasteiger partial charge in [-0.05, 0) is 19.3 Å². The van der Waals surface area contributed by atoms with Crippen molar-refractivity contribution in [2.45, 2.75) is 84.0 Å². The highest BCUT2D eigenvalue weighted by molar-refractivity contribution is 5.78. The van der Waals surface area contributed by atoms with Crippen LogP contribution in [0.5, 0.6) is 0 Å². The van der Waals surface area contributed by atoms with Gasteiger partial charge < -0.3 is 4.74 Å². The number of hydrogen-bond acceptors (Lipinski definition) is 3. The molecule has 0 aromatic heterocycles. The zero-order valence-electron chi connectivity index (χ0n) is 12.7. The van der Waals surface area contributed by atoms with Crippen LogP contribution < -0.4 is 0 Å². The smallest absolute Gasteiger partial charge is 0.305 e. The quantitative estimate of drug-likeness (QED) is 0.367. The van der Waals surface area contributed by atoms with Crippen LogP contribution in [-0.2, 0) is 14.3 Å². The molecule has 0 atom stereocenters. The maximum Gasteiger partial charge on any atom is 0.305 e. The summed E-state index contributed by atoms with van der Waals surface area (Å²) in [6.45, 7) is 2.20. The van der Waals surface area contributed by atoms with E-state index in [1.54, 1.807) is 0 Å². The maximum atomic E-state index is 11.6. The monoisotopic (exact) mass is 270 g/mol. The lowest BCUT2D eigenvalue weighted by Crippen LogP contribution is -2.00. The number of ether oxygens (including phenoxy) is 1. The summed E-state index contributed by atoms with van der Waals surface area (Å²) in [6, 6.07) is 0. The van der Waals surface area contributed by atoms with E-state index in [2.05, 4.69) is 11.7 Å². The van der Waals surface area contributed by atoms with Gasteiger partial charge >= 0.3 is 5.97 Å². The SMILES string of the molecule is CCCCCCCC(=O)CCCCCCC(=O)OC. The van der Waals surface area contributed by atoms with Crippen molar-refractivity contribution in [1.82, 2.24) is 0 Å². The standard InChI is InChI=1S/C16H30O3/c1-3-4-5-6-9-12-15(17)13-10-7-8-11-14-16(18)19-2/h3-14H2,1-2H3. The van der Waals surface area contributed by atoms with Crippen molar-refractivity contribution in [1.29, 1.82) is 0 Å². The van der Waals surface area contributed by atoms with Crippen molar-refractivity contribution in [2.24, 2.45) is 0 Å². The Morgan fingerprint density at radius 1 is 0.737 bits per heavy atom. The van der Waals surface area contributed by atoms with Gasteiger partial charge in [-0.2, -0.15) is 0 Å². The van der Waals surface area contributed by atoms with Crippen LogP contribution in [0.4, 0.5) is 0 Å². The van der Waals surface area contributed by atoms with Gasteiger partial charge in [-0.1, -0.05) is 45.4 Å². The molecule has 0 aromatic carbocycles. The predicted octanol–water partition coefficient (Wildman–Crippen LogP) is 4.43. The molecule has 0 rings (SSSR count). The van der Waals surface area contributed by atoms with Crippen LogP contribution in [0.2, 0.25) is 0 Å². The number of carbonyl (C=O) groups excluding carboxylic acids is 2. The molecule has 0 aliphatic carbocycles. The zero-order chi connectivity index (χ0) is 14.3. The van der Waals surface area contributed by atoms with Crippen molar-refractivity contribution in [3.8, 4) is 0 Å². The van der Waals surface area contributed by atoms with Crippen LogP contribution in [-0.4, -0.2) is 18.9 Å². The molecule has 19 heavy (non-hydrogen) atoms. The molecule has 3 heteroatoms. The molecule has 0 N–H and O–H groups in total. The first kappa shape index (κ1) is 18.1. The summed E-state index contributed by atoms with van der Waals surface area (Å²) < 4.78 is 4.57. The zero-order valence-corrected chi connectivity index (χ0v) is 12.7. The van der Waals surface area contributed by atoms with Crippen molar-refractivity contribution in [3.63, 3.8) is 0 Å². The third-order valence-electron chi connectivity index (χ3n) is 3.37. The minimum Gasteiger partial charge on any atom is -0.469 e. The van der Waals surface area contributed by atoms with Crippen LogP contribution in [0.15, 0.2) is 0 Å². The Morgan fingerprint density at radius 2 is 1.21 bits per heavy atom. The van der Waals surface area contributed by atoms with Crippen molar-refractivity contribution in [3.05, 3.63) is 0 Å². The van der Waals surface area contributed by atoms with Gasteiger partial charge in [-0.3, -0.25) is 9.59 Å². The molecule has 0 aliphatic rings. The second-order valence-electron chi connectivity index (χ2n) is 5.19. The first-order chi connectivity index (χ1) is 9.20. The minimum absolute atomic E-state index is 0.136. The van der Waals surface area contributed by atoms with Gasteiger partial charge in [-0.25, -0.2) is 0 Å². The van der Waals surface area contributed by atoms with E-state index in [4.69, 9.17) is 0 Å². The van der Waals surface area contributed by atoms with E-state index < -0.39 is 0 Å². The van der Waals surface area contributed by atoms with Gasteiger partial charge in [0, 0.05) is 19.3 Å². The molecule has 112 valence electrons. The molecule has 0 aliphatic heterocycles. The summed E-state index contributed by atoms with van der Waals surface area (Å²) in [5.74, 6) is 0.271. The number of Topliss-reactive ketones (excluding diaryl/α,β-unsaturated/α-hetero) is 1. The molecular weight excluding hydrogens is 240 g/mol. The molecule has 0 unspecified atom stereocenters. The van der Waals surface area contributed by atoms with Crippen molar-refractivity contribution in [2.75, 3.05) is 7.11 Å². The Kier molecular flexibility index (Phi) is 13.0. The molecule has 0 bridgehead atoms. The summed E-state index contributed by atoms with van der Waals surface area (Å²) in [7, 11) is 1.42. The average molecular weight is 270 g/mol. The highest BCUT2D eigenvalue weighted by Crippen LogP contribution is 2.10. The largest absolute Gasteiger partial charge is 0.469 e. The van der Waals surface area contributed by atoms with Gasteiger partial charge in [0.25, 0.3) is 0 Å². The molecule has 0 aromatic rings. The number of rotatable bonds is 13. The van der Waals surface area contributed by atoms with Gasteiger partial charge in [0.05, 0.1) is 7.11 Å². The van der Waals surface area contributed by atoms with Crippen LogP contribution in [0.3, 0.4) is 0 Å². The maximum absolute atomic E-state index is 11.6. The second-order valence-corrected chi connectivity index (χ2v) is 5.19. The predicted molar refractivity (Wildman–Crippen MR) is 78.1 cm³/mol. The van der Waals surface area contributed by atoms with Gasteiger partial charge in [-0.15, -0.1) is 0 Å². The molecule has 0 fully saturated rings. The molecule has 3 nitrogen and oxygen atoms in total. The van der Waals surface area contributed by atoms with Crippen LogP contribution >= 0.6 is 0 Å². The number of ketones is 1. The van der Waals surface area contributed by atoms with Gasteiger partial charge in [0.1, 0.15) is 5.78 Å². The van der Waals surface area contributed by atoms with Gasteiger partial charge in [0.15, 0.2) is 0 Å². The van der Waals surface area contributed by atoms with Crippen LogP contribution in [0, 0.1) is 0 Å². The highest BCUT2D eigenvalue weighted by atomic mass is 16.5.